The predicted molar refractivity (Wildman–Crippen MR) is 142 cm³/mol. The van der Waals surface area contributed by atoms with E-state index in [0.29, 0.717) is 16.2 Å². The molecule has 2 unspecified atom stereocenters. The van der Waals surface area contributed by atoms with Gasteiger partial charge >= 0.3 is 0 Å². The van der Waals surface area contributed by atoms with E-state index in [1.54, 1.807) is 0 Å². The van der Waals surface area contributed by atoms with Crippen LogP contribution < -0.4 is 0 Å². The molecule has 0 aliphatic heterocycles. The van der Waals surface area contributed by atoms with Crippen molar-refractivity contribution in [1.82, 2.24) is 0 Å². The topological polar surface area (TPSA) is 0 Å². The largest absolute Gasteiger partial charge is 0.0776 e. The van der Waals surface area contributed by atoms with Gasteiger partial charge in [0.1, 0.15) is 0 Å². The smallest absolute Gasteiger partial charge is 0.0132 e. The second-order valence-electron chi connectivity index (χ2n) is 13.1. The summed E-state index contributed by atoms with van der Waals surface area (Å²) in [5, 5.41) is 0. The van der Waals surface area contributed by atoms with Crippen molar-refractivity contribution in [1.29, 1.82) is 0 Å². The van der Waals surface area contributed by atoms with Crippen molar-refractivity contribution in [2.45, 2.75) is 141 Å². The number of hydrogen-bond acceptors (Lipinski definition) is 0. The average Bonchev–Trinajstić information content (AvgIpc) is 2.52. The first kappa shape index (κ1) is 31.4. The highest BCUT2D eigenvalue weighted by Crippen LogP contribution is 2.56. The summed E-state index contributed by atoms with van der Waals surface area (Å²) in [4.78, 5) is 0. The Morgan fingerprint density at radius 3 is 1.27 bits per heavy atom. The van der Waals surface area contributed by atoms with E-state index in [0.717, 1.165) is 0 Å². The Bertz CT molecular complexity index is 573. The van der Waals surface area contributed by atoms with Crippen LogP contribution in [0.3, 0.4) is 0 Å². The Balaban J connectivity index is 0. The van der Waals surface area contributed by atoms with Gasteiger partial charge in [-0.15, -0.1) is 0 Å². The van der Waals surface area contributed by atoms with Crippen LogP contribution in [0.25, 0.3) is 0 Å². The first-order chi connectivity index (χ1) is 12.5. The molecule has 0 nitrogen and oxygen atoms in total. The van der Waals surface area contributed by atoms with Gasteiger partial charge in [0.15, 0.2) is 0 Å². The molecule has 0 radical (unpaired) electrons. The lowest BCUT2D eigenvalue weighted by Crippen LogP contribution is -2.40. The monoisotopic (exact) mass is 418 g/mol. The number of hydrogen-bond donors (Lipinski definition) is 0. The maximum atomic E-state index is 2.49. The lowest BCUT2D eigenvalue weighted by atomic mass is 9.54. The minimum absolute atomic E-state index is 0. The minimum atomic E-state index is 0. The molecule has 1 aromatic rings. The summed E-state index contributed by atoms with van der Waals surface area (Å²) < 4.78 is 0. The van der Waals surface area contributed by atoms with Crippen LogP contribution in [-0.2, 0) is 10.8 Å². The van der Waals surface area contributed by atoms with E-state index in [4.69, 9.17) is 0 Å². The van der Waals surface area contributed by atoms with Crippen molar-refractivity contribution in [3.63, 3.8) is 0 Å². The van der Waals surface area contributed by atoms with Crippen LogP contribution in [0, 0.1) is 16.2 Å². The summed E-state index contributed by atoms with van der Waals surface area (Å²) in [6.07, 6.45) is 6.92. The Morgan fingerprint density at radius 2 is 1.00 bits per heavy atom. The van der Waals surface area contributed by atoms with Crippen molar-refractivity contribution < 1.29 is 0 Å². The predicted octanol–water partition coefficient (Wildman–Crippen LogP) is 10.6. The molecule has 0 spiro atoms. The van der Waals surface area contributed by atoms with Crippen LogP contribution in [0.2, 0.25) is 0 Å². The molecule has 1 aliphatic carbocycles. The van der Waals surface area contributed by atoms with Gasteiger partial charge in [-0.25, -0.2) is 0 Å². The Hall–Kier alpha value is -0.780. The SMILES string of the molecule is C.C.CC(C)(C)c1cccc(C(C)(C)C)c1.CCC1(C)CC(C)(C)CC(C)(CC)C1. The minimum Gasteiger partial charge on any atom is -0.0776 e. The summed E-state index contributed by atoms with van der Waals surface area (Å²) in [5.41, 5.74) is 5.07. The molecule has 1 aromatic carbocycles. The van der Waals surface area contributed by atoms with Crippen molar-refractivity contribution >= 4 is 0 Å². The molecule has 1 aliphatic rings. The molecular formula is C30H58. The third-order valence-electron chi connectivity index (χ3n) is 6.97. The third kappa shape index (κ3) is 9.15. The van der Waals surface area contributed by atoms with Crippen LogP contribution in [0.5, 0.6) is 0 Å². The fourth-order valence-corrected chi connectivity index (χ4v) is 5.48. The molecule has 0 bridgehead atoms. The maximum Gasteiger partial charge on any atom is -0.0132 e. The van der Waals surface area contributed by atoms with Gasteiger partial charge in [-0.2, -0.15) is 0 Å². The zero-order chi connectivity index (χ0) is 22.0. The van der Waals surface area contributed by atoms with Crippen LogP contribution in [0.1, 0.15) is 141 Å². The summed E-state index contributed by atoms with van der Waals surface area (Å²) in [6.45, 7) is 28.2. The second-order valence-corrected chi connectivity index (χ2v) is 13.1. The molecule has 0 aromatic heterocycles. The molecule has 178 valence electrons. The lowest BCUT2D eigenvalue weighted by molar-refractivity contribution is -0.00591. The van der Waals surface area contributed by atoms with Gasteiger partial charge in [0.05, 0.1) is 0 Å². The highest BCUT2D eigenvalue weighted by molar-refractivity contribution is 5.32. The molecule has 1 saturated carbocycles. The van der Waals surface area contributed by atoms with Gasteiger partial charge in [0.2, 0.25) is 0 Å². The molecule has 0 saturated heterocycles. The zero-order valence-electron chi connectivity index (χ0n) is 21.3. The van der Waals surface area contributed by atoms with Gasteiger partial charge in [-0.3, -0.25) is 0 Å². The molecule has 1 fully saturated rings. The second kappa shape index (κ2) is 10.7. The van der Waals surface area contributed by atoms with E-state index in [9.17, 15) is 0 Å². The summed E-state index contributed by atoms with van der Waals surface area (Å²) in [5.74, 6) is 0. The summed E-state index contributed by atoms with van der Waals surface area (Å²) >= 11 is 0. The quantitative estimate of drug-likeness (QED) is 0.448. The van der Waals surface area contributed by atoms with Crippen LogP contribution in [0.15, 0.2) is 24.3 Å². The van der Waals surface area contributed by atoms with Gasteiger partial charge in [0.25, 0.3) is 0 Å². The lowest BCUT2D eigenvalue weighted by Gasteiger charge is -2.51. The van der Waals surface area contributed by atoms with E-state index < -0.39 is 0 Å². The Morgan fingerprint density at radius 1 is 0.667 bits per heavy atom. The van der Waals surface area contributed by atoms with Crippen LogP contribution in [0.4, 0.5) is 0 Å². The van der Waals surface area contributed by atoms with E-state index in [-0.39, 0.29) is 25.7 Å². The maximum absolute atomic E-state index is 2.49. The van der Waals surface area contributed by atoms with Crippen molar-refractivity contribution in [2.24, 2.45) is 16.2 Å². The van der Waals surface area contributed by atoms with E-state index in [2.05, 4.69) is 107 Å². The number of rotatable bonds is 2. The average molecular weight is 419 g/mol. The van der Waals surface area contributed by atoms with Crippen LogP contribution in [-0.4, -0.2) is 0 Å². The molecule has 30 heavy (non-hydrogen) atoms. The van der Waals surface area contributed by atoms with Gasteiger partial charge < -0.3 is 0 Å². The Labute approximate surface area is 192 Å². The normalized spacial score (nSPS) is 25.9. The molecule has 0 N–H and O–H groups in total. The molecular weight excluding hydrogens is 360 g/mol. The van der Waals surface area contributed by atoms with E-state index in [1.807, 2.05) is 0 Å². The van der Waals surface area contributed by atoms with Crippen LogP contribution >= 0.6 is 0 Å². The molecule has 0 heterocycles. The van der Waals surface area contributed by atoms with Gasteiger partial charge in [-0.05, 0) is 57.5 Å². The Kier molecular flexibility index (Phi) is 11.2. The first-order valence-electron chi connectivity index (χ1n) is 11.6. The standard InChI is InChI=1S/C14H22.C14H28.2CH4/c1-13(2,3)11-8-7-9-12(10-11)14(4,5)6;1-7-13(5)9-12(3,4)10-14(6,8-2)11-13;;/h7-10H,1-6H3;7-11H2,1-6H3;2*1H4. The highest BCUT2D eigenvalue weighted by atomic mass is 14.5. The van der Waals surface area contributed by atoms with Crippen molar-refractivity contribution in [2.75, 3.05) is 0 Å². The summed E-state index contributed by atoms with van der Waals surface area (Å²) in [6, 6.07) is 8.94. The van der Waals surface area contributed by atoms with E-state index in [1.165, 1.54) is 43.2 Å². The zero-order valence-corrected chi connectivity index (χ0v) is 21.3. The number of benzene rings is 1. The van der Waals surface area contributed by atoms with Gasteiger partial charge in [-0.1, -0.05) is 135 Å². The van der Waals surface area contributed by atoms with Crippen molar-refractivity contribution in [3.05, 3.63) is 35.4 Å². The molecule has 0 amide bonds. The first-order valence-corrected chi connectivity index (χ1v) is 11.6. The molecule has 2 atom stereocenters. The third-order valence-corrected chi connectivity index (χ3v) is 6.97. The highest BCUT2D eigenvalue weighted by Gasteiger charge is 2.44. The fourth-order valence-electron chi connectivity index (χ4n) is 5.48. The summed E-state index contributed by atoms with van der Waals surface area (Å²) in [7, 11) is 0. The fraction of sp³-hybridized carbons (Fsp3) is 0.800. The van der Waals surface area contributed by atoms with Gasteiger partial charge in [0, 0.05) is 0 Å². The molecule has 2 rings (SSSR count). The van der Waals surface area contributed by atoms with E-state index >= 15 is 0 Å². The molecule has 0 heteroatoms. The van der Waals surface area contributed by atoms with Crippen molar-refractivity contribution in [3.8, 4) is 0 Å².